The van der Waals surface area contributed by atoms with Crippen molar-refractivity contribution in [2.75, 3.05) is 32.8 Å². The van der Waals surface area contributed by atoms with E-state index in [1.54, 1.807) is 0 Å². The van der Waals surface area contributed by atoms with Crippen molar-refractivity contribution in [1.82, 2.24) is 10.2 Å². The van der Waals surface area contributed by atoms with Crippen LogP contribution in [-0.4, -0.2) is 49.8 Å². The van der Waals surface area contributed by atoms with E-state index in [0.29, 0.717) is 6.10 Å². The molecule has 0 bridgehead atoms. The van der Waals surface area contributed by atoms with Gasteiger partial charge < -0.3 is 15.0 Å². The Kier molecular flexibility index (Phi) is 5.46. The van der Waals surface area contributed by atoms with E-state index in [-0.39, 0.29) is 0 Å². The predicted molar refractivity (Wildman–Crippen MR) is 75.8 cm³/mol. The molecule has 2 aliphatic rings. The molecule has 0 aromatic heterocycles. The Balaban J connectivity index is 1.61. The lowest BCUT2D eigenvalue weighted by Gasteiger charge is -2.34. The molecule has 106 valence electrons. The molecule has 2 saturated heterocycles. The third kappa shape index (κ3) is 4.22. The minimum absolute atomic E-state index is 0.457. The summed E-state index contributed by atoms with van der Waals surface area (Å²) in [7, 11) is 0. The molecule has 0 spiro atoms. The Morgan fingerprint density at radius 1 is 1.22 bits per heavy atom. The minimum Gasteiger partial charge on any atom is -0.378 e. The van der Waals surface area contributed by atoms with Gasteiger partial charge in [-0.1, -0.05) is 13.8 Å². The molecule has 0 aromatic rings. The zero-order valence-electron chi connectivity index (χ0n) is 12.3. The van der Waals surface area contributed by atoms with Crippen LogP contribution in [0.25, 0.3) is 0 Å². The van der Waals surface area contributed by atoms with E-state index in [1.807, 2.05) is 0 Å². The van der Waals surface area contributed by atoms with Crippen molar-refractivity contribution in [1.29, 1.82) is 0 Å². The second kappa shape index (κ2) is 6.88. The second-order valence-corrected chi connectivity index (χ2v) is 6.50. The van der Waals surface area contributed by atoms with Gasteiger partial charge in [0.1, 0.15) is 0 Å². The topological polar surface area (TPSA) is 24.5 Å². The molecule has 2 fully saturated rings. The van der Waals surface area contributed by atoms with Crippen LogP contribution in [0.3, 0.4) is 0 Å². The van der Waals surface area contributed by atoms with E-state index >= 15 is 0 Å². The summed E-state index contributed by atoms with van der Waals surface area (Å²) in [5.41, 5.74) is 0. The van der Waals surface area contributed by atoms with Gasteiger partial charge in [0.05, 0.1) is 6.10 Å². The summed E-state index contributed by atoms with van der Waals surface area (Å²) in [4.78, 5) is 2.62. The van der Waals surface area contributed by atoms with E-state index in [2.05, 4.69) is 31.0 Å². The SMILES string of the molecule is CC(C)CN1CCC(NCC2CCOC2C)CC1. The van der Waals surface area contributed by atoms with Gasteiger partial charge in [-0.3, -0.25) is 0 Å². The van der Waals surface area contributed by atoms with Crippen LogP contribution in [0.4, 0.5) is 0 Å². The number of likely N-dealkylation sites (tertiary alicyclic amines) is 1. The van der Waals surface area contributed by atoms with Crippen molar-refractivity contribution in [3.63, 3.8) is 0 Å². The highest BCUT2D eigenvalue weighted by Crippen LogP contribution is 2.20. The first-order valence-corrected chi connectivity index (χ1v) is 7.72. The smallest absolute Gasteiger partial charge is 0.0588 e. The van der Waals surface area contributed by atoms with Crippen molar-refractivity contribution in [3.8, 4) is 0 Å². The van der Waals surface area contributed by atoms with E-state index in [0.717, 1.165) is 31.0 Å². The quantitative estimate of drug-likeness (QED) is 0.813. The van der Waals surface area contributed by atoms with Gasteiger partial charge in [-0.25, -0.2) is 0 Å². The van der Waals surface area contributed by atoms with Crippen molar-refractivity contribution >= 4 is 0 Å². The van der Waals surface area contributed by atoms with Crippen molar-refractivity contribution in [2.24, 2.45) is 11.8 Å². The Bertz CT molecular complexity index is 237. The van der Waals surface area contributed by atoms with Crippen LogP contribution in [0.15, 0.2) is 0 Å². The van der Waals surface area contributed by atoms with Crippen LogP contribution >= 0.6 is 0 Å². The van der Waals surface area contributed by atoms with Gasteiger partial charge in [-0.2, -0.15) is 0 Å². The first-order chi connectivity index (χ1) is 8.65. The standard InChI is InChI=1S/C15H30N2O/c1-12(2)11-17-7-4-15(5-8-17)16-10-14-6-9-18-13(14)3/h12-16H,4-11H2,1-3H3. The van der Waals surface area contributed by atoms with Crippen LogP contribution in [0.5, 0.6) is 0 Å². The van der Waals surface area contributed by atoms with Crippen LogP contribution in [0.1, 0.15) is 40.0 Å². The third-order valence-electron chi connectivity index (χ3n) is 4.41. The summed E-state index contributed by atoms with van der Waals surface area (Å²) in [6.45, 7) is 12.7. The minimum atomic E-state index is 0.457. The number of ether oxygens (including phenoxy) is 1. The van der Waals surface area contributed by atoms with Crippen LogP contribution in [0.2, 0.25) is 0 Å². The van der Waals surface area contributed by atoms with E-state index in [1.165, 1.54) is 38.9 Å². The van der Waals surface area contributed by atoms with E-state index < -0.39 is 0 Å². The Morgan fingerprint density at radius 3 is 2.50 bits per heavy atom. The van der Waals surface area contributed by atoms with Crippen LogP contribution in [-0.2, 0) is 4.74 Å². The van der Waals surface area contributed by atoms with E-state index in [4.69, 9.17) is 4.74 Å². The number of rotatable bonds is 5. The molecule has 1 N–H and O–H groups in total. The highest BCUT2D eigenvalue weighted by molar-refractivity contribution is 4.81. The number of piperidine rings is 1. The molecule has 2 unspecified atom stereocenters. The lowest BCUT2D eigenvalue weighted by atomic mass is 9.99. The monoisotopic (exact) mass is 254 g/mol. The van der Waals surface area contributed by atoms with Gasteiger partial charge in [0.15, 0.2) is 0 Å². The Hall–Kier alpha value is -0.120. The first kappa shape index (κ1) is 14.3. The molecule has 0 saturated carbocycles. The fourth-order valence-electron chi connectivity index (χ4n) is 3.20. The third-order valence-corrected chi connectivity index (χ3v) is 4.41. The predicted octanol–water partition coefficient (Wildman–Crippen LogP) is 2.12. The lowest BCUT2D eigenvalue weighted by molar-refractivity contribution is 0.103. The van der Waals surface area contributed by atoms with Crippen LogP contribution in [0, 0.1) is 11.8 Å². The zero-order chi connectivity index (χ0) is 13.0. The summed E-state index contributed by atoms with van der Waals surface area (Å²) in [5.74, 6) is 1.53. The molecular weight excluding hydrogens is 224 g/mol. The largest absolute Gasteiger partial charge is 0.378 e. The summed E-state index contributed by atoms with van der Waals surface area (Å²) < 4.78 is 5.62. The Morgan fingerprint density at radius 2 is 1.94 bits per heavy atom. The first-order valence-electron chi connectivity index (χ1n) is 7.72. The van der Waals surface area contributed by atoms with Gasteiger partial charge in [-0.15, -0.1) is 0 Å². The van der Waals surface area contributed by atoms with Gasteiger partial charge in [0.25, 0.3) is 0 Å². The molecule has 0 amide bonds. The molecule has 18 heavy (non-hydrogen) atoms. The summed E-state index contributed by atoms with van der Waals surface area (Å²) in [6, 6.07) is 0.737. The number of nitrogens with one attached hydrogen (secondary N) is 1. The molecule has 0 radical (unpaired) electrons. The molecule has 3 heteroatoms. The van der Waals surface area contributed by atoms with Crippen molar-refractivity contribution in [3.05, 3.63) is 0 Å². The normalized spacial score (nSPS) is 31.3. The maximum absolute atomic E-state index is 5.62. The number of nitrogens with zero attached hydrogens (tertiary/aromatic N) is 1. The maximum Gasteiger partial charge on any atom is 0.0588 e. The highest BCUT2D eigenvalue weighted by Gasteiger charge is 2.26. The summed E-state index contributed by atoms with van der Waals surface area (Å²) in [6.07, 6.45) is 4.32. The Labute approximate surface area is 112 Å². The fraction of sp³-hybridized carbons (Fsp3) is 1.00. The van der Waals surface area contributed by atoms with Gasteiger partial charge in [0, 0.05) is 25.7 Å². The molecule has 2 rings (SSSR count). The lowest BCUT2D eigenvalue weighted by Crippen LogP contribution is -2.45. The highest BCUT2D eigenvalue weighted by atomic mass is 16.5. The van der Waals surface area contributed by atoms with Crippen LogP contribution < -0.4 is 5.32 Å². The van der Waals surface area contributed by atoms with Crippen molar-refractivity contribution < 1.29 is 4.74 Å². The molecule has 2 atom stereocenters. The van der Waals surface area contributed by atoms with E-state index in [9.17, 15) is 0 Å². The maximum atomic E-state index is 5.62. The number of hydrogen-bond acceptors (Lipinski definition) is 3. The fourth-order valence-corrected chi connectivity index (χ4v) is 3.20. The van der Waals surface area contributed by atoms with Crippen molar-refractivity contribution in [2.45, 2.75) is 52.2 Å². The summed E-state index contributed by atoms with van der Waals surface area (Å²) in [5, 5.41) is 3.76. The van der Waals surface area contributed by atoms with Gasteiger partial charge >= 0.3 is 0 Å². The molecule has 0 aromatic carbocycles. The average molecular weight is 254 g/mol. The second-order valence-electron chi connectivity index (χ2n) is 6.50. The summed E-state index contributed by atoms with van der Waals surface area (Å²) >= 11 is 0. The molecule has 3 nitrogen and oxygen atoms in total. The number of hydrogen-bond donors (Lipinski definition) is 1. The molecule has 2 heterocycles. The van der Waals surface area contributed by atoms with Gasteiger partial charge in [-0.05, 0) is 51.1 Å². The molecule has 2 aliphatic heterocycles. The average Bonchev–Trinajstić information content (AvgIpc) is 2.73. The molecule has 0 aliphatic carbocycles. The van der Waals surface area contributed by atoms with Gasteiger partial charge in [0.2, 0.25) is 0 Å². The zero-order valence-corrected chi connectivity index (χ0v) is 12.3. The molecular formula is C15H30N2O.